The number of ether oxygens (including phenoxy) is 1. The Kier molecular flexibility index (Phi) is 4.65. The zero-order valence-electron chi connectivity index (χ0n) is 12.8. The molecule has 0 aliphatic heterocycles. The Morgan fingerprint density at radius 3 is 2.11 bits per heavy atom. The lowest BCUT2D eigenvalue weighted by molar-refractivity contribution is -0.162. The van der Waals surface area contributed by atoms with Crippen LogP contribution in [0, 0.1) is 0 Å². The molecule has 0 aromatic rings. The smallest absolute Gasteiger partial charge is 0.337 e. The van der Waals surface area contributed by atoms with E-state index in [4.69, 9.17) is 9.16 Å². The van der Waals surface area contributed by atoms with Gasteiger partial charge in [-0.2, -0.15) is 0 Å². The van der Waals surface area contributed by atoms with Crippen LogP contribution in [-0.2, 0) is 14.0 Å². The minimum atomic E-state index is -1.93. The predicted molar refractivity (Wildman–Crippen MR) is 76.1 cm³/mol. The molecule has 106 valence electrons. The SMILES string of the molecule is CCOC(=O)C1(O[Si](C)(C)C(C)(C)C)CCCC1. The average Bonchev–Trinajstić information content (AvgIpc) is 2.65. The van der Waals surface area contributed by atoms with Gasteiger partial charge in [0.05, 0.1) is 6.61 Å². The first kappa shape index (κ1) is 15.7. The van der Waals surface area contributed by atoms with E-state index in [0.717, 1.165) is 25.7 Å². The van der Waals surface area contributed by atoms with Crippen LogP contribution in [0.2, 0.25) is 18.1 Å². The highest BCUT2D eigenvalue weighted by atomic mass is 28.4. The van der Waals surface area contributed by atoms with E-state index in [1.54, 1.807) is 0 Å². The summed E-state index contributed by atoms with van der Waals surface area (Å²) in [6.07, 6.45) is 3.76. The highest BCUT2D eigenvalue weighted by Gasteiger charge is 2.50. The summed E-state index contributed by atoms with van der Waals surface area (Å²) in [5, 5.41) is 0.120. The van der Waals surface area contributed by atoms with Crippen molar-refractivity contribution in [2.75, 3.05) is 6.61 Å². The Morgan fingerprint density at radius 1 is 1.22 bits per heavy atom. The van der Waals surface area contributed by atoms with E-state index >= 15 is 0 Å². The van der Waals surface area contributed by atoms with Gasteiger partial charge >= 0.3 is 5.97 Å². The van der Waals surface area contributed by atoms with Gasteiger partial charge in [0.1, 0.15) is 0 Å². The molecule has 0 amide bonds. The molecule has 0 N–H and O–H groups in total. The Balaban J connectivity index is 2.90. The number of hydrogen-bond donors (Lipinski definition) is 0. The van der Waals surface area contributed by atoms with E-state index in [0.29, 0.717) is 6.61 Å². The van der Waals surface area contributed by atoms with Crippen LogP contribution in [0.25, 0.3) is 0 Å². The quantitative estimate of drug-likeness (QED) is 0.575. The summed E-state index contributed by atoms with van der Waals surface area (Å²) in [4.78, 5) is 12.2. The van der Waals surface area contributed by atoms with Gasteiger partial charge in [-0.1, -0.05) is 20.8 Å². The van der Waals surface area contributed by atoms with Crippen LogP contribution in [0.4, 0.5) is 0 Å². The third-order valence-corrected chi connectivity index (χ3v) is 8.83. The van der Waals surface area contributed by atoms with Crippen molar-refractivity contribution in [2.24, 2.45) is 0 Å². The molecule has 0 aromatic heterocycles. The Morgan fingerprint density at radius 2 is 1.72 bits per heavy atom. The maximum atomic E-state index is 12.2. The molecule has 1 aliphatic rings. The number of hydrogen-bond acceptors (Lipinski definition) is 3. The summed E-state index contributed by atoms with van der Waals surface area (Å²) in [6, 6.07) is 0. The van der Waals surface area contributed by atoms with Crippen LogP contribution in [0.5, 0.6) is 0 Å². The monoisotopic (exact) mass is 272 g/mol. The lowest BCUT2D eigenvalue weighted by atomic mass is 10.0. The molecule has 0 radical (unpaired) electrons. The minimum Gasteiger partial charge on any atom is -0.464 e. The molecule has 4 heteroatoms. The van der Waals surface area contributed by atoms with Gasteiger partial charge in [-0.05, 0) is 50.7 Å². The number of carbonyl (C=O) groups is 1. The van der Waals surface area contributed by atoms with Crippen LogP contribution in [0.1, 0.15) is 53.4 Å². The summed E-state index contributed by atoms with van der Waals surface area (Å²) >= 11 is 0. The lowest BCUT2D eigenvalue weighted by Crippen LogP contribution is -2.52. The Hall–Kier alpha value is -0.353. The minimum absolute atomic E-state index is 0.120. The van der Waals surface area contributed by atoms with Gasteiger partial charge in [-0.25, -0.2) is 4.79 Å². The number of esters is 1. The highest BCUT2D eigenvalue weighted by molar-refractivity contribution is 6.74. The van der Waals surface area contributed by atoms with Gasteiger partial charge in [0, 0.05) is 0 Å². The molecule has 18 heavy (non-hydrogen) atoms. The number of carbonyl (C=O) groups excluding carboxylic acids is 1. The van der Waals surface area contributed by atoms with Crippen LogP contribution < -0.4 is 0 Å². The van der Waals surface area contributed by atoms with Crippen molar-refractivity contribution in [3.63, 3.8) is 0 Å². The molecule has 0 unspecified atom stereocenters. The third kappa shape index (κ3) is 3.15. The second kappa shape index (κ2) is 5.33. The third-order valence-electron chi connectivity index (χ3n) is 4.32. The van der Waals surface area contributed by atoms with Crippen molar-refractivity contribution in [2.45, 2.75) is 77.1 Å². The van der Waals surface area contributed by atoms with E-state index in [9.17, 15) is 4.79 Å². The molecule has 1 rings (SSSR count). The van der Waals surface area contributed by atoms with Gasteiger partial charge in [0.2, 0.25) is 0 Å². The van der Waals surface area contributed by atoms with Crippen LogP contribution in [0.3, 0.4) is 0 Å². The fourth-order valence-corrected chi connectivity index (χ4v) is 3.77. The molecule has 0 heterocycles. The molecule has 0 saturated heterocycles. The summed E-state index contributed by atoms with van der Waals surface area (Å²) in [5.74, 6) is -0.146. The van der Waals surface area contributed by atoms with Crippen LogP contribution >= 0.6 is 0 Å². The normalized spacial score (nSPS) is 19.9. The highest BCUT2D eigenvalue weighted by Crippen LogP contribution is 2.44. The van der Waals surface area contributed by atoms with Crippen molar-refractivity contribution >= 4 is 14.3 Å². The average molecular weight is 272 g/mol. The molecule has 3 nitrogen and oxygen atoms in total. The standard InChI is InChI=1S/C14H28O3Si/c1-7-16-12(15)14(10-8-9-11-14)17-18(5,6)13(2,3)4/h7-11H2,1-6H3. The van der Waals surface area contributed by atoms with Gasteiger partial charge in [-0.15, -0.1) is 0 Å². The van der Waals surface area contributed by atoms with Crippen molar-refractivity contribution in [3.05, 3.63) is 0 Å². The summed E-state index contributed by atoms with van der Waals surface area (Å²) in [7, 11) is -1.93. The van der Waals surface area contributed by atoms with E-state index in [1.165, 1.54) is 0 Å². The van der Waals surface area contributed by atoms with E-state index in [-0.39, 0.29) is 11.0 Å². The van der Waals surface area contributed by atoms with Crippen molar-refractivity contribution in [1.82, 2.24) is 0 Å². The Labute approximate surface area is 112 Å². The molecular formula is C14H28O3Si. The van der Waals surface area contributed by atoms with Crippen molar-refractivity contribution < 1.29 is 14.0 Å². The van der Waals surface area contributed by atoms with Crippen molar-refractivity contribution in [3.8, 4) is 0 Å². The lowest BCUT2D eigenvalue weighted by Gasteiger charge is -2.42. The molecule has 0 spiro atoms. The first-order valence-corrected chi connectivity index (χ1v) is 9.93. The van der Waals surface area contributed by atoms with Gasteiger partial charge in [-0.3, -0.25) is 0 Å². The fraction of sp³-hybridized carbons (Fsp3) is 0.929. The second-order valence-electron chi connectivity index (χ2n) is 6.78. The van der Waals surface area contributed by atoms with Crippen LogP contribution in [0.15, 0.2) is 0 Å². The first-order valence-electron chi connectivity index (χ1n) is 7.02. The van der Waals surface area contributed by atoms with Gasteiger partial charge < -0.3 is 9.16 Å². The Bertz CT molecular complexity index is 299. The zero-order valence-corrected chi connectivity index (χ0v) is 13.8. The molecule has 0 aromatic carbocycles. The van der Waals surface area contributed by atoms with Crippen molar-refractivity contribution in [1.29, 1.82) is 0 Å². The molecule has 1 fully saturated rings. The molecule has 1 aliphatic carbocycles. The summed E-state index contributed by atoms with van der Waals surface area (Å²) in [6.45, 7) is 13.3. The molecule has 0 atom stereocenters. The molecule has 0 bridgehead atoms. The molecule has 1 saturated carbocycles. The van der Waals surface area contributed by atoms with E-state index in [2.05, 4.69) is 33.9 Å². The fourth-order valence-electron chi connectivity index (χ4n) is 2.20. The second-order valence-corrected chi connectivity index (χ2v) is 11.5. The zero-order chi connectivity index (χ0) is 14.0. The van der Waals surface area contributed by atoms with E-state index in [1.807, 2.05) is 6.92 Å². The predicted octanol–water partition coefficient (Wildman–Crippen LogP) is 3.88. The topological polar surface area (TPSA) is 35.5 Å². The van der Waals surface area contributed by atoms with Gasteiger partial charge in [0.25, 0.3) is 0 Å². The number of rotatable bonds is 4. The maximum absolute atomic E-state index is 12.2. The summed E-state index contributed by atoms with van der Waals surface area (Å²) in [5.41, 5.74) is -0.654. The molecular weight excluding hydrogens is 244 g/mol. The largest absolute Gasteiger partial charge is 0.464 e. The van der Waals surface area contributed by atoms with Crippen LogP contribution in [-0.4, -0.2) is 26.5 Å². The van der Waals surface area contributed by atoms with E-state index < -0.39 is 13.9 Å². The first-order chi connectivity index (χ1) is 8.15. The van der Waals surface area contributed by atoms with Gasteiger partial charge in [0.15, 0.2) is 13.9 Å². The maximum Gasteiger partial charge on any atom is 0.337 e. The summed E-state index contributed by atoms with van der Waals surface area (Å²) < 4.78 is 11.7.